The van der Waals surface area contributed by atoms with Crippen LogP contribution in [0.25, 0.3) is 11.0 Å². The van der Waals surface area contributed by atoms with Crippen molar-refractivity contribution in [3.63, 3.8) is 0 Å². The summed E-state index contributed by atoms with van der Waals surface area (Å²) in [6.07, 6.45) is 4.17. The molecule has 1 aromatic carbocycles. The molecular formula is C19H25N5O2. The lowest BCUT2D eigenvalue weighted by Crippen LogP contribution is -2.13. The minimum Gasteiger partial charge on any atom is -0.383 e. The Morgan fingerprint density at radius 3 is 2.88 bits per heavy atom. The SMILES string of the molecule is COCCn1c(Cn2cccn2)nc2cc(NC(=O)CC(C)C)ccc21. The van der Waals surface area contributed by atoms with Crippen LogP contribution in [0, 0.1) is 5.92 Å². The lowest BCUT2D eigenvalue weighted by atomic mass is 10.1. The van der Waals surface area contributed by atoms with Gasteiger partial charge in [-0.1, -0.05) is 13.8 Å². The van der Waals surface area contributed by atoms with Crippen molar-refractivity contribution in [3.8, 4) is 0 Å². The van der Waals surface area contributed by atoms with Crippen LogP contribution in [-0.4, -0.2) is 39.0 Å². The molecule has 1 N–H and O–H groups in total. The Balaban J connectivity index is 1.89. The van der Waals surface area contributed by atoms with E-state index in [-0.39, 0.29) is 5.91 Å². The maximum Gasteiger partial charge on any atom is 0.224 e. The highest BCUT2D eigenvalue weighted by Gasteiger charge is 2.13. The Kier molecular flexibility index (Phi) is 5.68. The van der Waals surface area contributed by atoms with Gasteiger partial charge in [-0.25, -0.2) is 4.98 Å². The summed E-state index contributed by atoms with van der Waals surface area (Å²) in [5.41, 5.74) is 2.64. The Labute approximate surface area is 153 Å². The van der Waals surface area contributed by atoms with Crippen LogP contribution >= 0.6 is 0 Å². The second-order valence-electron chi connectivity index (χ2n) is 6.73. The first-order valence-electron chi connectivity index (χ1n) is 8.82. The largest absolute Gasteiger partial charge is 0.383 e. The maximum absolute atomic E-state index is 12.0. The number of amides is 1. The summed E-state index contributed by atoms with van der Waals surface area (Å²) in [5, 5.41) is 7.22. The predicted molar refractivity (Wildman–Crippen MR) is 101 cm³/mol. The molecule has 2 heterocycles. The van der Waals surface area contributed by atoms with E-state index >= 15 is 0 Å². The second kappa shape index (κ2) is 8.14. The number of nitrogens with zero attached hydrogens (tertiary/aromatic N) is 4. The fraction of sp³-hybridized carbons (Fsp3) is 0.421. The van der Waals surface area contributed by atoms with Crippen LogP contribution in [0.1, 0.15) is 26.1 Å². The van der Waals surface area contributed by atoms with Crippen LogP contribution in [0.3, 0.4) is 0 Å². The maximum atomic E-state index is 12.0. The molecule has 1 amide bonds. The molecule has 0 atom stereocenters. The third kappa shape index (κ3) is 4.29. The topological polar surface area (TPSA) is 74.0 Å². The van der Waals surface area contributed by atoms with Gasteiger partial charge in [0.1, 0.15) is 5.82 Å². The number of nitrogens with one attached hydrogen (secondary N) is 1. The molecule has 3 rings (SSSR count). The fourth-order valence-corrected chi connectivity index (χ4v) is 2.93. The molecule has 0 saturated heterocycles. The highest BCUT2D eigenvalue weighted by molar-refractivity contribution is 5.93. The van der Waals surface area contributed by atoms with Crippen LogP contribution in [-0.2, 0) is 22.6 Å². The first-order chi connectivity index (χ1) is 12.6. The second-order valence-corrected chi connectivity index (χ2v) is 6.73. The third-order valence-electron chi connectivity index (χ3n) is 4.09. The number of aromatic nitrogens is 4. The summed E-state index contributed by atoms with van der Waals surface area (Å²) < 4.78 is 9.22. The van der Waals surface area contributed by atoms with Crippen molar-refractivity contribution >= 4 is 22.6 Å². The molecular weight excluding hydrogens is 330 g/mol. The molecule has 0 bridgehead atoms. The lowest BCUT2D eigenvalue weighted by Gasteiger charge is -2.09. The molecule has 0 spiro atoms. The molecule has 0 radical (unpaired) electrons. The standard InChI is InChI=1S/C19H25N5O2/c1-14(2)11-19(25)21-15-5-6-17-16(12-15)22-18(24(17)9-10-26-3)13-23-8-4-7-20-23/h4-8,12,14H,9-11,13H2,1-3H3,(H,21,25). The number of hydrogen-bond acceptors (Lipinski definition) is 4. The molecule has 0 unspecified atom stereocenters. The number of fused-ring (bicyclic) bond motifs is 1. The van der Waals surface area contributed by atoms with Crippen molar-refractivity contribution in [2.45, 2.75) is 33.4 Å². The zero-order chi connectivity index (χ0) is 18.5. The Bertz CT molecular complexity index is 868. The van der Waals surface area contributed by atoms with Gasteiger partial charge in [-0.3, -0.25) is 9.48 Å². The molecule has 2 aromatic heterocycles. The van der Waals surface area contributed by atoms with Gasteiger partial charge in [-0.2, -0.15) is 5.10 Å². The van der Waals surface area contributed by atoms with E-state index in [1.807, 2.05) is 49.0 Å². The van der Waals surface area contributed by atoms with Gasteiger partial charge >= 0.3 is 0 Å². The summed E-state index contributed by atoms with van der Waals surface area (Å²) in [6.45, 7) is 5.96. The number of imidazole rings is 1. The van der Waals surface area contributed by atoms with E-state index in [4.69, 9.17) is 9.72 Å². The van der Waals surface area contributed by atoms with Crippen molar-refractivity contribution in [2.24, 2.45) is 5.92 Å². The van der Waals surface area contributed by atoms with Crippen molar-refractivity contribution < 1.29 is 9.53 Å². The molecule has 7 nitrogen and oxygen atoms in total. The Hall–Kier alpha value is -2.67. The van der Waals surface area contributed by atoms with Crippen molar-refractivity contribution in [1.29, 1.82) is 0 Å². The van der Waals surface area contributed by atoms with Gasteiger partial charge in [0.25, 0.3) is 0 Å². The first kappa shape index (κ1) is 18.1. The number of rotatable bonds is 8. The van der Waals surface area contributed by atoms with Crippen LogP contribution < -0.4 is 5.32 Å². The quantitative estimate of drug-likeness (QED) is 0.674. The van der Waals surface area contributed by atoms with E-state index < -0.39 is 0 Å². The normalized spacial score (nSPS) is 11.4. The average Bonchev–Trinajstić information content (AvgIpc) is 3.19. The summed E-state index contributed by atoms with van der Waals surface area (Å²) in [4.78, 5) is 16.8. The van der Waals surface area contributed by atoms with Gasteiger partial charge in [-0.05, 0) is 30.2 Å². The number of benzene rings is 1. The minimum absolute atomic E-state index is 0.0231. The molecule has 7 heteroatoms. The number of anilines is 1. The minimum atomic E-state index is 0.0231. The van der Waals surface area contributed by atoms with Crippen molar-refractivity contribution in [3.05, 3.63) is 42.5 Å². The summed E-state index contributed by atoms with van der Waals surface area (Å²) in [7, 11) is 1.69. The monoisotopic (exact) mass is 355 g/mol. The van der Waals surface area contributed by atoms with Gasteiger partial charge in [0, 0.05) is 38.2 Å². The third-order valence-corrected chi connectivity index (χ3v) is 4.09. The summed E-state index contributed by atoms with van der Waals surface area (Å²) >= 11 is 0. The van der Waals surface area contributed by atoms with E-state index in [0.29, 0.717) is 32.0 Å². The zero-order valence-electron chi connectivity index (χ0n) is 15.5. The number of carbonyl (C=O) groups excluding carboxylic acids is 1. The lowest BCUT2D eigenvalue weighted by molar-refractivity contribution is -0.116. The molecule has 0 saturated carbocycles. The Morgan fingerprint density at radius 1 is 1.35 bits per heavy atom. The number of methoxy groups -OCH3 is 1. The van der Waals surface area contributed by atoms with E-state index in [1.54, 1.807) is 13.3 Å². The smallest absolute Gasteiger partial charge is 0.224 e. The number of ether oxygens (including phenoxy) is 1. The highest BCUT2D eigenvalue weighted by atomic mass is 16.5. The number of carbonyl (C=O) groups is 1. The molecule has 0 aliphatic heterocycles. The molecule has 138 valence electrons. The van der Waals surface area contributed by atoms with Crippen LogP contribution in [0.15, 0.2) is 36.7 Å². The molecule has 3 aromatic rings. The van der Waals surface area contributed by atoms with Gasteiger partial charge in [-0.15, -0.1) is 0 Å². The molecule has 0 aliphatic rings. The molecule has 0 fully saturated rings. The van der Waals surface area contributed by atoms with E-state index in [2.05, 4.69) is 15.0 Å². The van der Waals surface area contributed by atoms with Crippen LogP contribution in [0.2, 0.25) is 0 Å². The fourth-order valence-electron chi connectivity index (χ4n) is 2.93. The summed E-state index contributed by atoms with van der Waals surface area (Å²) in [6, 6.07) is 7.73. The van der Waals surface area contributed by atoms with Crippen LogP contribution in [0.4, 0.5) is 5.69 Å². The van der Waals surface area contributed by atoms with Gasteiger partial charge in [0.2, 0.25) is 5.91 Å². The van der Waals surface area contributed by atoms with Gasteiger partial charge < -0.3 is 14.6 Å². The molecule has 0 aliphatic carbocycles. The van der Waals surface area contributed by atoms with Gasteiger partial charge in [0.15, 0.2) is 0 Å². The van der Waals surface area contributed by atoms with Crippen LogP contribution in [0.5, 0.6) is 0 Å². The van der Waals surface area contributed by atoms with Gasteiger partial charge in [0.05, 0.1) is 24.2 Å². The number of hydrogen-bond donors (Lipinski definition) is 1. The highest BCUT2D eigenvalue weighted by Crippen LogP contribution is 2.22. The van der Waals surface area contributed by atoms with E-state index in [1.165, 1.54) is 0 Å². The van der Waals surface area contributed by atoms with E-state index in [0.717, 1.165) is 22.5 Å². The Morgan fingerprint density at radius 2 is 2.19 bits per heavy atom. The predicted octanol–water partition coefficient (Wildman–Crippen LogP) is 2.91. The first-order valence-corrected chi connectivity index (χ1v) is 8.82. The van der Waals surface area contributed by atoms with Crippen molar-refractivity contribution in [2.75, 3.05) is 19.0 Å². The average molecular weight is 355 g/mol. The van der Waals surface area contributed by atoms with E-state index in [9.17, 15) is 4.79 Å². The summed E-state index contributed by atoms with van der Waals surface area (Å²) in [5.74, 6) is 1.26. The van der Waals surface area contributed by atoms with Crippen molar-refractivity contribution in [1.82, 2.24) is 19.3 Å². The zero-order valence-corrected chi connectivity index (χ0v) is 15.5. The molecule has 26 heavy (non-hydrogen) atoms.